The summed E-state index contributed by atoms with van der Waals surface area (Å²) in [4.78, 5) is 11.0. The molecule has 0 spiro atoms. The predicted octanol–water partition coefficient (Wildman–Crippen LogP) is 3.60. The summed E-state index contributed by atoms with van der Waals surface area (Å²) in [5, 5.41) is 12.5. The Balaban J connectivity index is 2.21. The van der Waals surface area contributed by atoms with E-state index in [9.17, 15) is 4.79 Å². The van der Waals surface area contributed by atoms with Crippen LogP contribution in [0.25, 0.3) is 11.1 Å². The second kappa shape index (κ2) is 5.82. The highest BCUT2D eigenvalue weighted by Gasteiger charge is 2.11. The maximum atomic E-state index is 11.0. The summed E-state index contributed by atoms with van der Waals surface area (Å²) in [6, 6.07) is 10.2. The zero-order valence-electron chi connectivity index (χ0n) is 12.1. The number of aromatic nitrogens is 1. The lowest BCUT2D eigenvalue weighted by Gasteiger charge is -2.13. The number of aryl methyl sites for hydroxylation is 1. The van der Waals surface area contributed by atoms with Crippen molar-refractivity contribution >= 4 is 11.7 Å². The summed E-state index contributed by atoms with van der Waals surface area (Å²) in [5.41, 5.74) is 3.31. The molecule has 1 heterocycles. The van der Waals surface area contributed by atoms with Crippen molar-refractivity contribution in [3.8, 4) is 11.1 Å². The summed E-state index contributed by atoms with van der Waals surface area (Å²) in [7, 11) is 1.74. The molecule has 1 unspecified atom stereocenters. The van der Waals surface area contributed by atoms with Crippen LogP contribution in [0.2, 0.25) is 0 Å². The summed E-state index contributed by atoms with van der Waals surface area (Å²) in [6.07, 6.45) is 2.91. The van der Waals surface area contributed by atoms with E-state index in [4.69, 9.17) is 5.11 Å². The Bertz CT molecular complexity index is 599. The van der Waals surface area contributed by atoms with Gasteiger partial charge in [-0.3, -0.25) is 0 Å². The summed E-state index contributed by atoms with van der Waals surface area (Å²) >= 11 is 0. The quantitative estimate of drug-likeness (QED) is 0.874. The molecule has 1 aromatic heterocycles. The van der Waals surface area contributed by atoms with Gasteiger partial charge < -0.3 is 15.0 Å². The van der Waals surface area contributed by atoms with Crippen LogP contribution in [0, 0.1) is 0 Å². The molecule has 2 rings (SSSR count). The van der Waals surface area contributed by atoms with E-state index in [1.165, 1.54) is 0 Å². The highest BCUT2D eigenvalue weighted by Crippen LogP contribution is 2.24. The normalized spacial score (nSPS) is 12.2. The van der Waals surface area contributed by atoms with Crippen molar-refractivity contribution in [3.63, 3.8) is 0 Å². The van der Waals surface area contributed by atoms with E-state index >= 15 is 0 Å². The Kier molecular flexibility index (Phi) is 4.13. The molecule has 4 nitrogen and oxygen atoms in total. The van der Waals surface area contributed by atoms with Crippen LogP contribution in [0.4, 0.5) is 5.69 Å². The maximum Gasteiger partial charge on any atom is 0.352 e. The minimum Gasteiger partial charge on any atom is -0.477 e. The molecule has 20 heavy (non-hydrogen) atoms. The van der Waals surface area contributed by atoms with E-state index in [0.29, 0.717) is 11.7 Å². The molecule has 0 bridgehead atoms. The van der Waals surface area contributed by atoms with E-state index in [1.807, 2.05) is 30.5 Å². The van der Waals surface area contributed by atoms with Crippen LogP contribution >= 0.6 is 0 Å². The van der Waals surface area contributed by atoms with Crippen molar-refractivity contribution in [2.45, 2.75) is 26.3 Å². The Morgan fingerprint density at radius 3 is 2.45 bits per heavy atom. The zero-order chi connectivity index (χ0) is 14.7. The number of hydrogen-bond donors (Lipinski definition) is 2. The molecule has 0 saturated carbocycles. The third-order valence-electron chi connectivity index (χ3n) is 3.47. The average molecular weight is 272 g/mol. The highest BCUT2D eigenvalue weighted by atomic mass is 16.4. The van der Waals surface area contributed by atoms with Gasteiger partial charge in [-0.15, -0.1) is 0 Å². The standard InChI is InChI=1S/C16H20N2O2/c1-4-11(2)17-14-7-5-12(6-8-14)13-9-15(16(19)20)18(3)10-13/h5-11,17H,4H2,1-3H3,(H,19,20). The number of hydrogen-bond acceptors (Lipinski definition) is 2. The summed E-state index contributed by atoms with van der Waals surface area (Å²) in [5.74, 6) is -0.909. The van der Waals surface area contributed by atoms with Crippen molar-refractivity contribution in [3.05, 3.63) is 42.2 Å². The van der Waals surface area contributed by atoms with Crippen LogP contribution in [0.5, 0.6) is 0 Å². The van der Waals surface area contributed by atoms with Crippen LogP contribution in [-0.4, -0.2) is 21.7 Å². The number of anilines is 1. The molecule has 0 amide bonds. The minimum absolute atomic E-state index is 0.293. The fourth-order valence-electron chi connectivity index (χ4n) is 2.08. The van der Waals surface area contributed by atoms with E-state index < -0.39 is 5.97 Å². The smallest absolute Gasteiger partial charge is 0.352 e. The first kappa shape index (κ1) is 14.2. The molecule has 1 atom stereocenters. The Morgan fingerprint density at radius 1 is 1.30 bits per heavy atom. The number of benzene rings is 1. The van der Waals surface area contributed by atoms with Crippen molar-refractivity contribution in [2.24, 2.45) is 7.05 Å². The van der Waals surface area contributed by atoms with Crippen LogP contribution in [-0.2, 0) is 7.05 Å². The second-order valence-corrected chi connectivity index (χ2v) is 5.06. The molecule has 106 valence electrons. The molecule has 0 radical (unpaired) electrons. The number of aromatic carboxylic acids is 1. The van der Waals surface area contributed by atoms with Crippen molar-refractivity contribution in [1.82, 2.24) is 4.57 Å². The van der Waals surface area contributed by atoms with Gasteiger partial charge in [0.25, 0.3) is 0 Å². The molecule has 0 aliphatic heterocycles. The lowest BCUT2D eigenvalue weighted by atomic mass is 10.1. The van der Waals surface area contributed by atoms with E-state index in [-0.39, 0.29) is 0 Å². The number of rotatable bonds is 5. The topological polar surface area (TPSA) is 54.3 Å². The van der Waals surface area contributed by atoms with Crippen molar-refractivity contribution < 1.29 is 9.90 Å². The predicted molar refractivity (Wildman–Crippen MR) is 81.2 cm³/mol. The molecular formula is C16H20N2O2. The van der Waals surface area contributed by atoms with Gasteiger partial charge in [-0.25, -0.2) is 4.79 Å². The maximum absolute atomic E-state index is 11.0. The van der Waals surface area contributed by atoms with Gasteiger partial charge in [0.2, 0.25) is 0 Å². The Hall–Kier alpha value is -2.23. The molecule has 4 heteroatoms. The monoisotopic (exact) mass is 272 g/mol. The van der Waals surface area contributed by atoms with Crippen LogP contribution < -0.4 is 5.32 Å². The fraction of sp³-hybridized carbons (Fsp3) is 0.312. The van der Waals surface area contributed by atoms with Gasteiger partial charge in [0, 0.05) is 30.5 Å². The second-order valence-electron chi connectivity index (χ2n) is 5.06. The third kappa shape index (κ3) is 3.02. The SMILES string of the molecule is CCC(C)Nc1ccc(-c2cc(C(=O)O)n(C)c2)cc1. The van der Waals surface area contributed by atoms with Gasteiger partial charge in [-0.1, -0.05) is 19.1 Å². The summed E-state index contributed by atoms with van der Waals surface area (Å²) < 4.78 is 1.63. The van der Waals surface area contributed by atoms with Crippen molar-refractivity contribution in [1.29, 1.82) is 0 Å². The van der Waals surface area contributed by atoms with Gasteiger partial charge in [0.15, 0.2) is 0 Å². The molecular weight excluding hydrogens is 252 g/mol. The van der Waals surface area contributed by atoms with Gasteiger partial charge >= 0.3 is 5.97 Å². The molecule has 1 aromatic carbocycles. The molecule has 2 aromatic rings. The van der Waals surface area contributed by atoms with Crippen molar-refractivity contribution in [2.75, 3.05) is 5.32 Å². The largest absolute Gasteiger partial charge is 0.477 e. The summed E-state index contributed by atoms with van der Waals surface area (Å²) in [6.45, 7) is 4.29. The molecule has 0 saturated heterocycles. The number of nitrogens with one attached hydrogen (secondary N) is 1. The van der Waals surface area contributed by atoms with Gasteiger partial charge in [-0.2, -0.15) is 0 Å². The molecule has 0 aliphatic rings. The number of carbonyl (C=O) groups is 1. The Morgan fingerprint density at radius 2 is 1.95 bits per heavy atom. The average Bonchev–Trinajstić information content (AvgIpc) is 2.81. The third-order valence-corrected chi connectivity index (χ3v) is 3.47. The number of nitrogens with zero attached hydrogens (tertiary/aromatic N) is 1. The van der Waals surface area contributed by atoms with Crippen LogP contribution in [0.3, 0.4) is 0 Å². The number of carboxylic acids is 1. The van der Waals surface area contributed by atoms with Gasteiger partial charge in [0.1, 0.15) is 5.69 Å². The lowest BCUT2D eigenvalue weighted by molar-refractivity contribution is 0.0686. The number of carboxylic acid groups (broad SMARTS) is 1. The molecule has 0 aliphatic carbocycles. The minimum atomic E-state index is -0.909. The van der Waals surface area contributed by atoms with E-state index in [0.717, 1.165) is 23.2 Å². The first-order valence-electron chi connectivity index (χ1n) is 6.78. The zero-order valence-corrected chi connectivity index (χ0v) is 12.1. The molecule has 0 fully saturated rings. The van der Waals surface area contributed by atoms with Gasteiger partial charge in [-0.05, 0) is 37.1 Å². The van der Waals surface area contributed by atoms with Crippen LogP contribution in [0.15, 0.2) is 36.5 Å². The first-order chi connectivity index (χ1) is 9.51. The molecule has 2 N–H and O–H groups in total. The fourth-order valence-corrected chi connectivity index (χ4v) is 2.08. The first-order valence-corrected chi connectivity index (χ1v) is 6.78. The lowest BCUT2D eigenvalue weighted by Crippen LogP contribution is -2.12. The highest BCUT2D eigenvalue weighted by molar-refractivity contribution is 5.88. The van der Waals surface area contributed by atoms with E-state index in [2.05, 4.69) is 19.2 Å². The van der Waals surface area contributed by atoms with E-state index in [1.54, 1.807) is 17.7 Å². The Labute approximate surface area is 119 Å². The van der Waals surface area contributed by atoms with Gasteiger partial charge in [0.05, 0.1) is 0 Å². The van der Waals surface area contributed by atoms with Crippen LogP contribution in [0.1, 0.15) is 30.8 Å².